The average Bonchev–Trinajstić information content (AvgIpc) is 2.81. The Morgan fingerprint density at radius 3 is 2.50 bits per heavy atom. The smallest absolute Gasteiger partial charge is 0.0599 e. The summed E-state index contributed by atoms with van der Waals surface area (Å²) in [7, 11) is 1.00. The highest BCUT2D eigenvalue weighted by Gasteiger charge is 2.62. The second kappa shape index (κ2) is 5.94. The minimum Gasteiger partial charge on any atom is -0.400 e. The van der Waals surface area contributed by atoms with Gasteiger partial charge in [-0.1, -0.05) is 25.5 Å². The number of rotatable bonds is 0. The molecule has 126 valence electrons. The lowest BCUT2D eigenvalue weighted by Crippen LogP contribution is -2.53. The van der Waals surface area contributed by atoms with E-state index in [0.29, 0.717) is 5.41 Å². The van der Waals surface area contributed by atoms with Crippen LogP contribution in [0.4, 0.5) is 0 Å². The molecule has 2 nitrogen and oxygen atoms in total. The maximum absolute atomic E-state index is 10.6. The summed E-state index contributed by atoms with van der Waals surface area (Å²) in [4.78, 5) is 0. The maximum Gasteiger partial charge on any atom is 0.0599 e. The summed E-state index contributed by atoms with van der Waals surface area (Å²) >= 11 is 0. The van der Waals surface area contributed by atoms with Gasteiger partial charge in [0.15, 0.2) is 0 Å². The van der Waals surface area contributed by atoms with Crippen molar-refractivity contribution in [2.45, 2.75) is 77.7 Å². The molecule has 3 fully saturated rings. The third-order valence-corrected chi connectivity index (χ3v) is 8.17. The molecule has 0 bridgehead atoms. The Morgan fingerprint density at radius 1 is 1.00 bits per heavy atom. The van der Waals surface area contributed by atoms with Crippen molar-refractivity contribution in [2.24, 2.45) is 28.6 Å². The highest BCUT2D eigenvalue weighted by molar-refractivity contribution is 5.20. The van der Waals surface area contributed by atoms with Crippen LogP contribution in [0.1, 0.15) is 71.6 Å². The summed E-state index contributed by atoms with van der Waals surface area (Å²) in [6, 6.07) is 0. The van der Waals surface area contributed by atoms with E-state index in [4.69, 9.17) is 5.11 Å². The van der Waals surface area contributed by atoms with E-state index in [1.165, 1.54) is 51.4 Å². The second-order valence-electron chi connectivity index (χ2n) is 8.55. The molecular formula is C20H34O2. The zero-order valence-electron chi connectivity index (χ0n) is 14.6. The van der Waals surface area contributed by atoms with Crippen LogP contribution in [0.15, 0.2) is 11.6 Å². The topological polar surface area (TPSA) is 40.5 Å². The predicted molar refractivity (Wildman–Crippen MR) is 90.5 cm³/mol. The Labute approximate surface area is 136 Å². The fraction of sp³-hybridized carbons (Fsp3) is 0.900. The molecule has 0 radical (unpaired) electrons. The lowest BCUT2D eigenvalue weighted by atomic mass is 9.46. The predicted octanol–water partition coefficient (Wildman–Crippen LogP) is 4.31. The van der Waals surface area contributed by atoms with Crippen LogP contribution >= 0.6 is 0 Å². The van der Waals surface area contributed by atoms with E-state index in [2.05, 4.69) is 19.9 Å². The molecule has 0 aromatic rings. The third kappa shape index (κ3) is 2.13. The van der Waals surface area contributed by atoms with Gasteiger partial charge in [0.2, 0.25) is 0 Å². The first-order valence-corrected chi connectivity index (χ1v) is 9.38. The van der Waals surface area contributed by atoms with Crippen LogP contribution in [0.3, 0.4) is 0 Å². The molecule has 0 amide bonds. The van der Waals surface area contributed by atoms with E-state index in [-0.39, 0.29) is 11.5 Å². The van der Waals surface area contributed by atoms with Gasteiger partial charge in [0.25, 0.3) is 0 Å². The highest BCUT2D eigenvalue weighted by Crippen LogP contribution is 2.68. The fourth-order valence-corrected chi connectivity index (χ4v) is 6.70. The van der Waals surface area contributed by atoms with Gasteiger partial charge >= 0.3 is 0 Å². The minimum absolute atomic E-state index is 0.0447. The quantitative estimate of drug-likeness (QED) is 0.655. The van der Waals surface area contributed by atoms with E-state index < -0.39 is 0 Å². The molecule has 0 spiro atoms. The minimum atomic E-state index is -0.0447. The van der Waals surface area contributed by atoms with Crippen molar-refractivity contribution in [1.82, 2.24) is 0 Å². The van der Waals surface area contributed by atoms with Gasteiger partial charge in [0.05, 0.1) is 6.10 Å². The van der Waals surface area contributed by atoms with Gasteiger partial charge < -0.3 is 10.2 Å². The van der Waals surface area contributed by atoms with Crippen LogP contribution in [-0.4, -0.2) is 23.4 Å². The SMILES string of the molecule is CC12CCC3C4CCCC=C4CCC3C1(C)CCC2O.CO. The lowest BCUT2D eigenvalue weighted by Gasteiger charge is -2.59. The number of allylic oxidation sites excluding steroid dienone is 2. The Morgan fingerprint density at radius 2 is 1.73 bits per heavy atom. The molecule has 0 aromatic carbocycles. The van der Waals surface area contributed by atoms with Crippen molar-refractivity contribution in [1.29, 1.82) is 0 Å². The van der Waals surface area contributed by atoms with Crippen LogP contribution < -0.4 is 0 Å². The summed E-state index contributed by atoms with van der Waals surface area (Å²) in [6.45, 7) is 4.92. The Balaban J connectivity index is 0.000000693. The van der Waals surface area contributed by atoms with Crippen LogP contribution in [0.5, 0.6) is 0 Å². The summed E-state index contributed by atoms with van der Waals surface area (Å²) in [5, 5.41) is 17.6. The molecule has 4 rings (SSSR count). The van der Waals surface area contributed by atoms with Crippen molar-refractivity contribution >= 4 is 0 Å². The van der Waals surface area contributed by atoms with Gasteiger partial charge in [0.1, 0.15) is 0 Å². The van der Waals surface area contributed by atoms with Crippen LogP contribution in [-0.2, 0) is 0 Å². The first kappa shape index (κ1) is 16.5. The average molecular weight is 306 g/mol. The lowest BCUT2D eigenvalue weighted by molar-refractivity contribution is -0.112. The Kier molecular flexibility index (Phi) is 4.46. The summed E-state index contributed by atoms with van der Waals surface area (Å²) in [5.74, 6) is 2.71. The van der Waals surface area contributed by atoms with E-state index in [0.717, 1.165) is 31.3 Å². The molecular weight excluding hydrogens is 272 g/mol. The Bertz CT molecular complexity index is 443. The number of fused-ring (bicyclic) bond motifs is 5. The van der Waals surface area contributed by atoms with E-state index in [9.17, 15) is 5.11 Å². The van der Waals surface area contributed by atoms with Gasteiger partial charge in [-0.2, -0.15) is 0 Å². The highest BCUT2D eigenvalue weighted by atomic mass is 16.3. The molecule has 6 unspecified atom stereocenters. The molecule has 4 aliphatic rings. The van der Waals surface area contributed by atoms with Gasteiger partial charge in [-0.25, -0.2) is 0 Å². The summed E-state index contributed by atoms with van der Waals surface area (Å²) in [6.07, 6.45) is 14.4. The molecule has 4 aliphatic carbocycles. The van der Waals surface area contributed by atoms with Crippen molar-refractivity contribution in [3.05, 3.63) is 11.6 Å². The number of hydrogen-bond acceptors (Lipinski definition) is 2. The normalized spacial score (nSPS) is 50.0. The molecule has 0 aromatic heterocycles. The van der Waals surface area contributed by atoms with Gasteiger partial charge in [-0.3, -0.25) is 0 Å². The zero-order chi connectivity index (χ0) is 16.0. The Hall–Kier alpha value is -0.340. The fourth-order valence-electron chi connectivity index (χ4n) is 6.70. The van der Waals surface area contributed by atoms with Crippen molar-refractivity contribution < 1.29 is 10.2 Å². The van der Waals surface area contributed by atoms with E-state index >= 15 is 0 Å². The van der Waals surface area contributed by atoms with Crippen molar-refractivity contribution in [3.8, 4) is 0 Å². The first-order valence-electron chi connectivity index (χ1n) is 9.38. The number of aliphatic hydroxyl groups excluding tert-OH is 2. The first-order chi connectivity index (χ1) is 10.6. The monoisotopic (exact) mass is 306 g/mol. The second-order valence-corrected chi connectivity index (χ2v) is 8.55. The molecule has 0 heterocycles. The molecule has 3 saturated carbocycles. The molecule has 2 heteroatoms. The summed E-state index contributed by atoms with van der Waals surface area (Å²) < 4.78 is 0. The number of hydrogen-bond donors (Lipinski definition) is 2. The van der Waals surface area contributed by atoms with Gasteiger partial charge in [0, 0.05) is 7.11 Å². The molecule has 0 aliphatic heterocycles. The standard InChI is InChI=1S/C19H30O.CH4O/c1-18-12-10-17(20)19(18,2)11-9-15-14-6-4-3-5-13(14)7-8-16(15)18;1-2/h5,14-17,20H,3-4,6-12H2,1-2H3;2H,1H3. The van der Waals surface area contributed by atoms with Crippen LogP contribution in [0.2, 0.25) is 0 Å². The molecule has 22 heavy (non-hydrogen) atoms. The van der Waals surface area contributed by atoms with E-state index in [1.54, 1.807) is 0 Å². The number of aliphatic hydroxyl groups is 2. The van der Waals surface area contributed by atoms with Crippen LogP contribution in [0.25, 0.3) is 0 Å². The largest absolute Gasteiger partial charge is 0.400 e. The molecule has 0 saturated heterocycles. The van der Waals surface area contributed by atoms with Gasteiger partial charge in [-0.15, -0.1) is 0 Å². The van der Waals surface area contributed by atoms with E-state index in [1.807, 2.05) is 5.57 Å². The summed E-state index contributed by atoms with van der Waals surface area (Å²) in [5.41, 5.74) is 2.41. The third-order valence-electron chi connectivity index (χ3n) is 8.17. The van der Waals surface area contributed by atoms with Crippen molar-refractivity contribution in [3.63, 3.8) is 0 Å². The zero-order valence-corrected chi connectivity index (χ0v) is 14.6. The van der Waals surface area contributed by atoms with Gasteiger partial charge in [-0.05, 0) is 86.4 Å². The maximum atomic E-state index is 10.6. The van der Waals surface area contributed by atoms with Crippen LogP contribution in [0, 0.1) is 28.6 Å². The van der Waals surface area contributed by atoms with Crippen molar-refractivity contribution in [2.75, 3.05) is 7.11 Å². The molecule has 2 N–H and O–H groups in total. The molecule has 6 atom stereocenters.